The summed E-state index contributed by atoms with van der Waals surface area (Å²) in [5, 5.41) is 14.2. The van der Waals surface area contributed by atoms with Crippen molar-refractivity contribution in [1.29, 1.82) is 0 Å². The number of amides is 2. The number of carbonyl (C=O) groups is 2. The van der Waals surface area contributed by atoms with E-state index in [2.05, 4.69) is 10.3 Å². The molecule has 27 heavy (non-hydrogen) atoms. The molecule has 3 rings (SSSR count). The van der Waals surface area contributed by atoms with Crippen LogP contribution in [0.2, 0.25) is 0 Å². The molecule has 2 amide bonds. The molecule has 2 aliphatic rings. The molecule has 1 spiro atoms. The van der Waals surface area contributed by atoms with Gasteiger partial charge in [0.15, 0.2) is 0 Å². The van der Waals surface area contributed by atoms with Crippen LogP contribution >= 0.6 is 0 Å². The number of ether oxygens (including phenoxy) is 1. The van der Waals surface area contributed by atoms with E-state index in [1.807, 2.05) is 11.8 Å². The van der Waals surface area contributed by atoms with Gasteiger partial charge in [-0.05, 0) is 33.1 Å². The van der Waals surface area contributed by atoms with Gasteiger partial charge in [0.1, 0.15) is 11.8 Å². The molecule has 1 aromatic heterocycles. The largest absolute Gasteiger partial charge is 0.388 e. The van der Waals surface area contributed by atoms with Crippen LogP contribution < -0.4 is 11.1 Å². The number of imidazole rings is 1. The number of rotatable bonds is 4. The van der Waals surface area contributed by atoms with Crippen molar-refractivity contribution < 1.29 is 19.4 Å². The Bertz CT molecular complexity index is 706. The van der Waals surface area contributed by atoms with Crippen LogP contribution in [0.4, 0.5) is 0 Å². The molecule has 0 radical (unpaired) electrons. The average molecular weight is 379 g/mol. The van der Waals surface area contributed by atoms with Crippen molar-refractivity contribution in [3.8, 4) is 0 Å². The zero-order valence-electron chi connectivity index (χ0n) is 16.2. The highest BCUT2D eigenvalue weighted by molar-refractivity contribution is 5.94. The number of hydrogen-bond acceptors (Lipinski definition) is 6. The van der Waals surface area contributed by atoms with Crippen LogP contribution in [0.3, 0.4) is 0 Å². The lowest BCUT2D eigenvalue weighted by Crippen LogP contribution is -2.69. The lowest BCUT2D eigenvalue weighted by atomic mass is 9.73. The second-order valence-corrected chi connectivity index (χ2v) is 7.97. The van der Waals surface area contributed by atoms with Crippen LogP contribution in [-0.4, -0.2) is 74.9 Å². The Morgan fingerprint density at radius 2 is 2.07 bits per heavy atom. The van der Waals surface area contributed by atoms with Gasteiger partial charge in [0.2, 0.25) is 5.91 Å². The van der Waals surface area contributed by atoms with Crippen LogP contribution in [0.5, 0.6) is 0 Å². The minimum absolute atomic E-state index is 0.208. The molecule has 0 unspecified atom stereocenters. The second-order valence-electron chi connectivity index (χ2n) is 7.97. The van der Waals surface area contributed by atoms with E-state index in [1.54, 1.807) is 24.9 Å². The van der Waals surface area contributed by atoms with Gasteiger partial charge in [-0.25, -0.2) is 4.98 Å². The predicted molar refractivity (Wildman–Crippen MR) is 98.0 cm³/mol. The van der Waals surface area contributed by atoms with Crippen LogP contribution in [0.15, 0.2) is 6.33 Å². The van der Waals surface area contributed by atoms with Crippen molar-refractivity contribution in [1.82, 2.24) is 19.8 Å². The summed E-state index contributed by atoms with van der Waals surface area (Å²) < 4.78 is 7.70. The van der Waals surface area contributed by atoms with Crippen LogP contribution in [0.25, 0.3) is 0 Å². The molecule has 1 aromatic rings. The number of piperidine rings is 1. The molecule has 2 aliphatic heterocycles. The predicted octanol–water partition coefficient (Wildman–Crippen LogP) is -0.682. The number of hydrogen-bond donors (Lipinski definition) is 3. The Labute approximate surface area is 158 Å². The number of aliphatic hydroxyl groups excluding tert-OH is 1. The fraction of sp³-hybridized carbons (Fsp3) is 0.722. The maximum absolute atomic E-state index is 12.8. The molecule has 2 fully saturated rings. The van der Waals surface area contributed by atoms with E-state index in [9.17, 15) is 14.7 Å². The number of aliphatic hydroxyl groups is 1. The standard InChI is InChI=1S/C18H29N5O4/c1-12-14(22(3)11-20-12)15(25)21-17(2)6-9-27-18(16(17)26)4-7-23(8-5-18)10-13(19)24/h11,16,26H,4-10H2,1-3H3,(H2,19,24)(H,21,25)/t16-,17+/m1/s1. The van der Waals surface area contributed by atoms with Crippen molar-refractivity contribution in [2.45, 2.75) is 50.4 Å². The Balaban J connectivity index is 1.73. The van der Waals surface area contributed by atoms with Crippen molar-refractivity contribution in [3.05, 3.63) is 17.7 Å². The van der Waals surface area contributed by atoms with Crippen molar-refractivity contribution in [2.24, 2.45) is 12.8 Å². The van der Waals surface area contributed by atoms with E-state index < -0.39 is 17.2 Å². The first kappa shape index (κ1) is 19.8. The fourth-order valence-electron chi connectivity index (χ4n) is 4.31. The minimum atomic E-state index is -0.855. The van der Waals surface area contributed by atoms with Gasteiger partial charge in [0, 0.05) is 26.7 Å². The third kappa shape index (κ3) is 3.71. The Morgan fingerprint density at radius 3 is 2.63 bits per heavy atom. The van der Waals surface area contributed by atoms with E-state index in [0.29, 0.717) is 50.3 Å². The summed E-state index contributed by atoms with van der Waals surface area (Å²) in [6.45, 7) is 5.54. The second kappa shape index (κ2) is 7.21. The number of nitrogens with one attached hydrogen (secondary N) is 1. The van der Waals surface area contributed by atoms with Gasteiger partial charge >= 0.3 is 0 Å². The number of primary amides is 1. The zero-order valence-corrected chi connectivity index (χ0v) is 16.2. The van der Waals surface area contributed by atoms with Gasteiger partial charge in [-0.1, -0.05) is 0 Å². The molecular formula is C18H29N5O4. The highest BCUT2D eigenvalue weighted by Gasteiger charge is 2.54. The average Bonchev–Trinajstić information content (AvgIpc) is 2.93. The van der Waals surface area contributed by atoms with Gasteiger partial charge in [-0.3, -0.25) is 14.5 Å². The first-order chi connectivity index (χ1) is 12.7. The maximum atomic E-state index is 12.8. The van der Waals surface area contributed by atoms with E-state index in [4.69, 9.17) is 10.5 Å². The molecule has 2 atom stereocenters. The molecule has 9 heteroatoms. The van der Waals surface area contributed by atoms with Gasteiger partial charge in [0.25, 0.3) is 5.91 Å². The molecule has 0 aliphatic carbocycles. The smallest absolute Gasteiger partial charge is 0.270 e. The molecule has 3 heterocycles. The fourth-order valence-corrected chi connectivity index (χ4v) is 4.31. The Morgan fingerprint density at radius 1 is 1.41 bits per heavy atom. The number of aryl methyl sites for hydroxylation is 2. The number of nitrogens with two attached hydrogens (primary N) is 1. The summed E-state index contributed by atoms with van der Waals surface area (Å²) in [5.74, 6) is -0.614. The Hall–Kier alpha value is -1.97. The summed E-state index contributed by atoms with van der Waals surface area (Å²) in [6.07, 6.45) is 2.42. The summed E-state index contributed by atoms with van der Waals surface area (Å²) in [4.78, 5) is 30.1. The molecular weight excluding hydrogens is 350 g/mol. The topological polar surface area (TPSA) is 123 Å². The van der Waals surface area contributed by atoms with Crippen LogP contribution in [-0.2, 0) is 16.6 Å². The van der Waals surface area contributed by atoms with E-state index in [0.717, 1.165) is 0 Å². The van der Waals surface area contributed by atoms with Gasteiger partial charge in [-0.2, -0.15) is 0 Å². The van der Waals surface area contributed by atoms with Crippen LogP contribution in [0, 0.1) is 6.92 Å². The monoisotopic (exact) mass is 379 g/mol. The van der Waals surface area contributed by atoms with Crippen LogP contribution in [0.1, 0.15) is 42.4 Å². The number of nitrogens with zero attached hydrogens (tertiary/aromatic N) is 3. The molecule has 0 bridgehead atoms. The highest BCUT2D eigenvalue weighted by Crippen LogP contribution is 2.40. The highest BCUT2D eigenvalue weighted by atomic mass is 16.5. The zero-order chi connectivity index (χ0) is 19.8. The van der Waals surface area contributed by atoms with Crippen molar-refractivity contribution in [2.75, 3.05) is 26.2 Å². The first-order valence-corrected chi connectivity index (χ1v) is 9.30. The SMILES string of the molecule is Cc1ncn(C)c1C(=O)N[C@@]1(C)CCOC2(CCN(CC(N)=O)CC2)[C@@H]1O. The van der Waals surface area contributed by atoms with Gasteiger partial charge in [0.05, 0.1) is 29.7 Å². The first-order valence-electron chi connectivity index (χ1n) is 9.30. The number of aromatic nitrogens is 2. The van der Waals surface area contributed by atoms with E-state index in [-0.39, 0.29) is 18.4 Å². The molecule has 0 saturated carbocycles. The third-order valence-corrected chi connectivity index (χ3v) is 5.93. The quantitative estimate of drug-likeness (QED) is 0.637. The summed E-state index contributed by atoms with van der Waals surface area (Å²) in [5.41, 5.74) is 4.87. The molecule has 2 saturated heterocycles. The number of likely N-dealkylation sites (tertiary alicyclic amines) is 1. The summed E-state index contributed by atoms with van der Waals surface area (Å²) in [6, 6.07) is 0. The van der Waals surface area contributed by atoms with E-state index >= 15 is 0 Å². The minimum Gasteiger partial charge on any atom is -0.388 e. The maximum Gasteiger partial charge on any atom is 0.270 e. The normalized spacial score (nSPS) is 28.2. The summed E-state index contributed by atoms with van der Waals surface area (Å²) >= 11 is 0. The molecule has 0 aromatic carbocycles. The van der Waals surface area contributed by atoms with Crippen molar-refractivity contribution in [3.63, 3.8) is 0 Å². The number of carbonyl (C=O) groups excluding carboxylic acids is 2. The summed E-state index contributed by atoms with van der Waals surface area (Å²) in [7, 11) is 1.77. The lowest BCUT2D eigenvalue weighted by molar-refractivity contribution is -0.205. The molecule has 9 nitrogen and oxygen atoms in total. The van der Waals surface area contributed by atoms with E-state index in [1.165, 1.54) is 0 Å². The molecule has 4 N–H and O–H groups in total. The third-order valence-electron chi connectivity index (χ3n) is 5.93. The Kier molecular flexibility index (Phi) is 5.29. The van der Waals surface area contributed by atoms with Crippen molar-refractivity contribution >= 4 is 11.8 Å². The lowest BCUT2D eigenvalue weighted by Gasteiger charge is -2.53. The van der Waals surface area contributed by atoms with Gasteiger partial charge in [-0.15, -0.1) is 0 Å². The molecule has 150 valence electrons. The van der Waals surface area contributed by atoms with Gasteiger partial charge < -0.3 is 25.5 Å².